The molecule has 0 aliphatic heterocycles. The lowest BCUT2D eigenvalue weighted by molar-refractivity contribution is -0.176. The summed E-state index contributed by atoms with van der Waals surface area (Å²) in [5, 5.41) is 17.4. The van der Waals surface area contributed by atoms with Crippen molar-refractivity contribution in [3.8, 4) is 11.5 Å². The smallest absolute Gasteiger partial charge is 0.191 e. The number of benzene rings is 1. The number of nitrogens with zero attached hydrogens (tertiary/aromatic N) is 1. The fourth-order valence-electron chi connectivity index (χ4n) is 3.58. The molecule has 0 bridgehead atoms. The number of guanidine groups is 1. The predicted octanol–water partition coefficient (Wildman–Crippen LogP) is 2.50. The van der Waals surface area contributed by atoms with Crippen molar-refractivity contribution in [3.05, 3.63) is 23.8 Å². The maximum Gasteiger partial charge on any atom is 0.191 e. The fourth-order valence-corrected chi connectivity index (χ4v) is 3.58. The van der Waals surface area contributed by atoms with Crippen LogP contribution in [0.25, 0.3) is 0 Å². The highest BCUT2D eigenvalue weighted by Gasteiger charge is 2.58. The fraction of sp³-hybridized carbons (Fsp3) is 0.667. The molecule has 7 nitrogen and oxygen atoms in total. The van der Waals surface area contributed by atoms with Crippen LogP contribution in [0.2, 0.25) is 0 Å². The molecule has 0 aromatic heterocycles. The van der Waals surface area contributed by atoms with Gasteiger partial charge in [0.1, 0.15) is 17.6 Å². The SMILES string of the molecule is CCNC(=NCC(O)c1cc(OC)ccc1OC)NC1CC(C)(OC)C1(C)C. The van der Waals surface area contributed by atoms with E-state index in [4.69, 9.17) is 14.2 Å². The molecule has 1 saturated carbocycles. The molecule has 0 spiro atoms. The first kappa shape index (κ1) is 22.3. The maximum absolute atomic E-state index is 10.7. The van der Waals surface area contributed by atoms with E-state index in [9.17, 15) is 5.11 Å². The van der Waals surface area contributed by atoms with E-state index in [1.807, 2.05) is 6.92 Å². The monoisotopic (exact) mass is 393 g/mol. The second-order valence-corrected chi connectivity index (χ2v) is 7.90. The number of hydrogen-bond donors (Lipinski definition) is 3. The molecule has 0 saturated heterocycles. The second-order valence-electron chi connectivity index (χ2n) is 7.90. The Balaban J connectivity index is 2.11. The lowest BCUT2D eigenvalue weighted by Gasteiger charge is -2.59. The third kappa shape index (κ3) is 4.36. The van der Waals surface area contributed by atoms with Gasteiger partial charge in [0.15, 0.2) is 5.96 Å². The molecule has 0 heterocycles. The molecule has 2 rings (SSSR count). The van der Waals surface area contributed by atoms with Crippen molar-refractivity contribution in [1.82, 2.24) is 10.6 Å². The van der Waals surface area contributed by atoms with Crippen molar-refractivity contribution in [2.75, 3.05) is 34.4 Å². The predicted molar refractivity (Wildman–Crippen MR) is 111 cm³/mol. The number of aliphatic imine (C=N–C) groups is 1. The summed E-state index contributed by atoms with van der Waals surface area (Å²) < 4.78 is 16.3. The van der Waals surface area contributed by atoms with Gasteiger partial charge in [0.05, 0.1) is 26.4 Å². The molecule has 3 unspecified atom stereocenters. The zero-order valence-electron chi connectivity index (χ0n) is 18.1. The van der Waals surface area contributed by atoms with Crippen molar-refractivity contribution < 1.29 is 19.3 Å². The second kappa shape index (κ2) is 9.01. The van der Waals surface area contributed by atoms with E-state index in [0.717, 1.165) is 13.0 Å². The first-order valence-corrected chi connectivity index (χ1v) is 9.72. The summed E-state index contributed by atoms with van der Waals surface area (Å²) >= 11 is 0. The van der Waals surface area contributed by atoms with E-state index in [-0.39, 0.29) is 23.6 Å². The van der Waals surface area contributed by atoms with E-state index in [0.29, 0.717) is 23.0 Å². The normalized spacial score (nSPS) is 24.9. The Morgan fingerprint density at radius 3 is 2.50 bits per heavy atom. The largest absolute Gasteiger partial charge is 0.497 e. The zero-order chi connectivity index (χ0) is 20.9. The highest BCUT2D eigenvalue weighted by atomic mass is 16.5. The number of aliphatic hydroxyl groups is 1. The molecule has 1 aliphatic rings. The summed E-state index contributed by atoms with van der Waals surface area (Å²) in [6.07, 6.45) is 0.0897. The van der Waals surface area contributed by atoms with Gasteiger partial charge in [-0.2, -0.15) is 0 Å². The average molecular weight is 394 g/mol. The summed E-state index contributed by atoms with van der Waals surface area (Å²) in [6, 6.07) is 5.60. The lowest BCUT2D eigenvalue weighted by atomic mass is 9.56. The maximum atomic E-state index is 10.7. The van der Waals surface area contributed by atoms with Crippen molar-refractivity contribution in [2.24, 2.45) is 10.4 Å². The van der Waals surface area contributed by atoms with Gasteiger partial charge in [-0.05, 0) is 38.5 Å². The Hall–Kier alpha value is -1.99. The molecule has 0 amide bonds. The summed E-state index contributed by atoms with van der Waals surface area (Å²) in [6.45, 7) is 9.47. The number of rotatable bonds is 8. The first-order valence-electron chi connectivity index (χ1n) is 9.72. The highest BCUT2D eigenvalue weighted by molar-refractivity contribution is 5.80. The quantitative estimate of drug-likeness (QED) is 0.465. The number of ether oxygens (including phenoxy) is 3. The van der Waals surface area contributed by atoms with Crippen LogP contribution < -0.4 is 20.1 Å². The van der Waals surface area contributed by atoms with Gasteiger partial charge < -0.3 is 30.0 Å². The van der Waals surface area contributed by atoms with Crippen LogP contribution >= 0.6 is 0 Å². The van der Waals surface area contributed by atoms with Gasteiger partial charge in [0.25, 0.3) is 0 Å². The third-order valence-corrected chi connectivity index (χ3v) is 6.15. The van der Waals surface area contributed by atoms with Crippen LogP contribution in [0.4, 0.5) is 0 Å². The molecule has 0 radical (unpaired) electrons. The lowest BCUT2D eigenvalue weighted by Crippen LogP contribution is -2.69. The molecule has 3 N–H and O–H groups in total. The first-order chi connectivity index (χ1) is 13.2. The van der Waals surface area contributed by atoms with Gasteiger partial charge in [-0.3, -0.25) is 4.99 Å². The van der Waals surface area contributed by atoms with Gasteiger partial charge in [-0.15, -0.1) is 0 Å². The summed E-state index contributed by atoms with van der Waals surface area (Å²) in [4.78, 5) is 4.59. The van der Waals surface area contributed by atoms with Crippen molar-refractivity contribution in [2.45, 2.75) is 51.9 Å². The molecule has 3 atom stereocenters. The van der Waals surface area contributed by atoms with Gasteiger partial charge in [-0.25, -0.2) is 0 Å². The zero-order valence-corrected chi connectivity index (χ0v) is 18.1. The minimum Gasteiger partial charge on any atom is -0.497 e. The van der Waals surface area contributed by atoms with Gasteiger partial charge >= 0.3 is 0 Å². The minimum absolute atomic E-state index is 0.0351. The minimum atomic E-state index is -0.806. The summed E-state index contributed by atoms with van der Waals surface area (Å²) in [5.74, 6) is 1.95. The topological polar surface area (TPSA) is 84.3 Å². The number of nitrogens with one attached hydrogen (secondary N) is 2. The Morgan fingerprint density at radius 1 is 1.25 bits per heavy atom. The van der Waals surface area contributed by atoms with E-state index in [1.165, 1.54) is 0 Å². The number of aliphatic hydroxyl groups excluding tert-OH is 1. The molecule has 1 aromatic carbocycles. The molecule has 1 fully saturated rings. The average Bonchev–Trinajstić information content (AvgIpc) is 2.70. The van der Waals surface area contributed by atoms with Crippen molar-refractivity contribution in [3.63, 3.8) is 0 Å². The molecular formula is C21H35N3O4. The van der Waals surface area contributed by atoms with Gasteiger partial charge in [0, 0.05) is 30.7 Å². The molecular weight excluding hydrogens is 358 g/mol. The van der Waals surface area contributed by atoms with Crippen LogP contribution in [0.15, 0.2) is 23.2 Å². The molecule has 7 heteroatoms. The van der Waals surface area contributed by atoms with Crippen LogP contribution in [0.5, 0.6) is 11.5 Å². The van der Waals surface area contributed by atoms with Crippen LogP contribution in [0.3, 0.4) is 0 Å². The molecule has 1 aliphatic carbocycles. The molecule has 28 heavy (non-hydrogen) atoms. The Kier molecular flexibility index (Phi) is 7.17. The summed E-state index contributed by atoms with van der Waals surface area (Å²) in [5.41, 5.74) is 0.458. The standard InChI is InChI=1S/C21H35N3O4/c1-8-22-19(24-18-12-21(4,28-7)20(18,2)3)23-13-16(25)15-11-14(26-5)9-10-17(15)27-6/h9-11,16,18,25H,8,12-13H2,1-7H3,(H2,22,23,24). The Bertz CT molecular complexity index is 692. The van der Waals surface area contributed by atoms with Crippen LogP contribution in [-0.4, -0.2) is 57.1 Å². The van der Waals surface area contributed by atoms with Gasteiger partial charge in [0.2, 0.25) is 0 Å². The Labute approximate surface area is 168 Å². The van der Waals surface area contributed by atoms with Crippen molar-refractivity contribution >= 4 is 5.96 Å². The molecule has 1 aromatic rings. The van der Waals surface area contributed by atoms with E-state index >= 15 is 0 Å². The Morgan fingerprint density at radius 2 is 1.96 bits per heavy atom. The number of methoxy groups -OCH3 is 3. The molecule has 158 valence electrons. The van der Waals surface area contributed by atoms with Crippen molar-refractivity contribution in [1.29, 1.82) is 0 Å². The van der Waals surface area contributed by atoms with Gasteiger partial charge in [-0.1, -0.05) is 13.8 Å². The van der Waals surface area contributed by atoms with Crippen LogP contribution in [0, 0.1) is 5.41 Å². The number of hydrogen-bond acceptors (Lipinski definition) is 5. The van der Waals surface area contributed by atoms with E-state index < -0.39 is 6.10 Å². The summed E-state index contributed by atoms with van der Waals surface area (Å²) in [7, 11) is 4.94. The van der Waals surface area contributed by atoms with Crippen LogP contribution in [-0.2, 0) is 4.74 Å². The van der Waals surface area contributed by atoms with E-state index in [1.54, 1.807) is 39.5 Å². The van der Waals surface area contributed by atoms with Crippen LogP contribution in [0.1, 0.15) is 45.8 Å². The third-order valence-electron chi connectivity index (χ3n) is 6.15. The highest BCUT2D eigenvalue weighted by Crippen LogP contribution is 2.51. The van der Waals surface area contributed by atoms with E-state index in [2.05, 4.69) is 36.4 Å².